The highest BCUT2D eigenvalue weighted by molar-refractivity contribution is 5.53. The third kappa shape index (κ3) is 3.63. The first kappa shape index (κ1) is 17.3. The molecule has 0 aliphatic rings. The maximum absolute atomic E-state index is 10.8. The van der Waals surface area contributed by atoms with Crippen LogP contribution in [0.25, 0.3) is 0 Å². The van der Waals surface area contributed by atoms with E-state index in [0.29, 0.717) is 11.5 Å². The van der Waals surface area contributed by atoms with E-state index < -0.39 is 4.92 Å². The van der Waals surface area contributed by atoms with Crippen LogP contribution < -0.4 is 9.47 Å². The van der Waals surface area contributed by atoms with Gasteiger partial charge in [0.1, 0.15) is 28.9 Å². The van der Waals surface area contributed by atoms with Gasteiger partial charge < -0.3 is 9.47 Å². The van der Waals surface area contributed by atoms with Crippen molar-refractivity contribution in [2.45, 2.75) is 26.2 Å². The Morgan fingerprint density at radius 3 is 2.33 bits per heavy atom. The molecule has 0 aliphatic heterocycles. The third-order valence-electron chi connectivity index (χ3n) is 3.51. The normalized spacial score (nSPS) is 10.8. The number of hydrogen-bond donors (Lipinski definition) is 0. The van der Waals surface area contributed by atoms with Crippen LogP contribution in [0.2, 0.25) is 0 Å². The zero-order valence-electron chi connectivity index (χ0n) is 14.0. The van der Waals surface area contributed by atoms with Crippen molar-refractivity contribution in [1.82, 2.24) is 0 Å². The van der Waals surface area contributed by atoms with Crippen LogP contribution in [0.5, 0.6) is 17.2 Å². The number of nitro groups is 1. The van der Waals surface area contributed by atoms with E-state index >= 15 is 0 Å². The number of ether oxygens (including phenoxy) is 2. The molecule has 6 heteroatoms. The predicted octanol–water partition coefficient (Wildman–Crippen LogP) is 4.56. The molecule has 0 heterocycles. The zero-order chi connectivity index (χ0) is 17.9. The number of hydrogen-bond acceptors (Lipinski definition) is 5. The monoisotopic (exact) mass is 326 g/mol. The smallest absolute Gasteiger partial charge is 0.271 e. The fourth-order valence-electron chi connectivity index (χ4n) is 2.24. The molecule has 0 N–H and O–H groups in total. The van der Waals surface area contributed by atoms with Gasteiger partial charge >= 0.3 is 0 Å². The summed E-state index contributed by atoms with van der Waals surface area (Å²) in [6.07, 6.45) is 0. The summed E-state index contributed by atoms with van der Waals surface area (Å²) < 4.78 is 11.2. The summed E-state index contributed by atoms with van der Waals surface area (Å²) in [5, 5.41) is 20.1. The Labute approximate surface area is 140 Å². The van der Waals surface area contributed by atoms with Crippen molar-refractivity contribution in [1.29, 1.82) is 5.26 Å². The van der Waals surface area contributed by atoms with Gasteiger partial charge in [-0.05, 0) is 29.7 Å². The van der Waals surface area contributed by atoms with Gasteiger partial charge in [0.25, 0.3) is 5.69 Å². The molecule has 0 atom stereocenters. The molecule has 6 nitrogen and oxygen atoms in total. The maximum atomic E-state index is 10.8. The average Bonchev–Trinajstić information content (AvgIpc) is 2.54. The minimum absolute atomic E-state index is 0.111. The van der Waals surface area contributed by atoms with E-state index in [1.165, 1.54) is 18.2 Å². The number of non-ortho nitro benzene ring substituents is 1. The fourth-order valence-corrected chi connectivity index (χ4v) is 2.24. The molecule has 124 valence electrons. The van der Waals surface area contributed by atoms with Gasteiger partial charge in [-0.1, -0.05) is 20.8 Å². The van der Waals surface area contributed by atoms with E-state index in [-0.39, 0.29) is 22.4 Å². The summed E-state index contributed by atoms with van der Waals surface area (Å²) >= 11 is 0. The van der Waals surface area contributed by atoms with Crippen molar-refractivity contribution >= 4 is 5.69 Å². The van der Waals surface area contributed by atoms with Crippen LogP contribution in [0, 0.1) is 21.4 Å². The van der Waals surface area contributed by atoms with E-state index in [9.17, 15) is 15.4 Å². The molecular weight excluding hydrogens is 308 g/mol. The number of benzene rings is 2. The van der Waals surface area contributed by atoms with Crippen LogP contribution >= 0.6 is 0 Å². The highest BCUT2D eigenvalue weighted by Gasteiger charge is 2.21. The number of nitrogens with zero attached hydrogens (tertiary/aromatic N) is 2. The largest absolute Gasteiger partial charge is 0.497 e. The molecule has 0 saturated heterocycles. The highest BCUT2D eigenvalue weighted by Crippen LogP contribution is 2.38. The van der Waals surface area contributed by atoms with Crippen molar-refractivity contribution < 1.29 is 14.4 Å². The van der Waals surface area contributed by atoms with Gasteiger partial charge in [0.2, 0.25) is 0 Å². The summed E-state index contributed by atoms with van der Waals surface area (Å²) in [4.78, 5) is 10.3. The highest BCUT2D eigenvalue weighted by atomic mass is 16.6. The molecule has 0 radical (unpaired) electrons. The van der Waals surface area contributed by atoms with E-state index in [0.717, 1.165) is 5.56 Å². The van der Waals surface area contributed by atoms with Crippen molar-refractivity contribution in [3.63, 3.8) is 0 Å². The first-order chi connectivity index (χ1) is 11.3. The SMILES string of the molecule is COc1ccc(Oc2ccc([N+](=O)[O-])cc2C#N)c(C(C)(C)C)c1. The third-order valence-corrected chi connectivity index (χ3v) is 3.51. The second kappa shape index (κ2) is 6.59. The number of nitro benzene ring substituents is 1. The van der Waals surface area contributed by atoms with Crippen LogP contribution in [0.15, 0.2) is 36.4 Å². The van der Waals surface area contributed by atoms with Crippen molar-refractivity contribution in [3.05, 3.63) is 57.6 Å². The van der Waals surface area contributed by atoms with E-state index in [1.54, 1.807) is 19.2 Å². The Kier molecular flexibility index (Phi) is 4.74. The zero-order valence-corrected chi connectivity index (χ0v) is 14.0. The molecular formula is C18H18N2O4. The molecule has 2 aromatic rings. The minimum atomic E-state index is -0.543. The lowest BCUT2D eigenvalue weighted by Gasteiger charge is -2.23. The van der Waals surface area contributed by atoms with Gasteiger partial charge in [-0.2, -0.15) is 5.26 Å². The van der Waals surface area contributed by atoms with Gasteiger partial charge in [0.05, 0.1) is 12.0 Å². The lowest BCUT2D eigenvalue weighted by atomic mass is 9.86. The maximum Gasteiger partial charge on any atom is 0.271 e. The summed E-state index contributed by atoms with van der Waals surface area (Å²) in [6.45, 7) is 6.11. The van der Waals surface area contributed by atoms with E-state index in [2.05, 4.69) is 0 Å². The lowest BCUT2D eigenvalue weighted by molar-refractivity contribution is -0.384. The summed E-state index contributed by atoms with van der Waals surface area (Å²) in [7, 11) is 1.59. The molecule has 0 bridgehead atoms. The Morgan fingerprint density at radius 1 is 1.12 bits per heavy atom. The fraction of sp³-hybridized carbons (Fsp3) is 0.278. The summed E-state index contributed by atoms with van der Waals surface area (Å²) in [6, 6.07) is 11.3. The second-order valence-corrected chi connectivity index (χ2v) is 6.26. The Bertz CT molecular complexity index is 817. The van der Waals surface area contributed by atoms with Gasteiger partial charge in [0.15, 0.2) is 0 Å². The molecule has 0 fully saturated rings. The Morgan fingerprint density at radius 2 is 1.79 bits per heavy atom. The Hall–Kier alpha value is -3.07. The molecule has 0 saturated carbocycles. The molecule has 24 heavy (non-hydrogen) atoms. The number of nitriles is 1. The molecule has 0 unspecified atom stereocenters. The molecule has 0 amide bonds. The number of methoxy groups -OCH3 is 1. The van der Waals surface area contributed by atoms with E-state index in [4.69, 9.17) is 9.47 Å². The van der Waals surface area contributed by atoms with Crippen LogP contribution in [0.1, 0.15) is 31.9 Å². The van der Waals surface area contributed by atoms with Crippen molar-refractivity contribution in [2.24, 2.45) is 0 Å². The molecule has 0 spiro atoms. The van der Waals surface area contributed by atoms with Crippen LogP contribution in [0.3, 0.4) is 0 Å². The van der Waals surface area contributed by atoms with Crippen LogP contribution in [-0.2, 0) is 5.41 Å². The molecule has 0 aliphatic carbocycles. The van der Waals surface area contributed by atoms with Gasteiger partial charge in [-0.15, -0.1) is 0 Å². The lowest BCUT2D eigenvalue weighted by Crippen LogP contribution is -2.13. The summed E-state index contributed by atoms with van der Waals surface area (Å²) in [5.41, 5.74) is 0.658. The molecule has 2 rings (SSSR count). The van der Waals surface area contributed by atoms with Gasteiger partial charge in [0, 0.05) is 17.7 Å². The predicted molar refractivity (Wildman–Crippen MR) is 89.6 cm³/mol. The minimum Gasteiger partial charge on any atom is -0.497 e. The Balaban J connectivity index is 2.49. The number of rotatable bonds is 4. The summed E-state index contributed by atoms with van der Waals surface area (Å²) in [5.74, 6) is 1.56. The molecule has 2 aromatic carbocycles. The van der Waals surface area contributed by atoms with Crippen molar-refractivity contribution in [3.8, 4) is 23.3 Å². The quantitative estimate of drug-likeness (QED) is 0.607. The first-order valence-corrected chi connectivity index (χ1v) is 7.31. The topological polar surface area (TPSA) is 85.4 Å². The van der Waals surface area contributed by atoms with E-state index in [1.807, 2.05) is 32.9 Å². The average molecular weight is 326 g/mol. The van der Waals surface area contributed by atoms with Gasteiger partial charge in [-0.3, -0.25) is 10.1 Å². The van der Waals surface area contributed by atoms with Gasteiger partial charge in [-0.25, -0.2) is 0 Å². The second-order valence-electron chi connectivity index (χ2n) is 6.26. The van der Waals surface area contributed by atoms with Crippen LogP contribution in [-0.4, -0.2) is 12.0 Å². The standard InChI is InChI=1S/C18H18N2O4/c1-18(2,3)15-10-14(23-4)6-8-17(15)24-16-7-5-13(20(21)22)9-12(16)11-19/h5-10H,1-4H3. The first-order valence-electron chi connectivity index (χ1n) is 7.31. The molecule has 0 aromatic heterocycles. The van der Waals surface area contributed by atoms with Crippen molar-refractivity contribution in [2.75, 3.05) is 7.11 Å². The van der Waals surface area contributed by atoms with Crippen LogP contribution in [0.4, 0.5) is 5.69 Å².